The van der Waals surface area contributed by atoms with E-state index in [1.165, 1.54) is 12.1 Å². The first-order chi connectivity index (χ1) is 17.8. The van der Waals surface area contributed by atoms with Gasteiger partial charge in [0.25, 0.3) is 5.91 Å². The molecule has 0 bridgehead atoms. The summed E-state index contributed by atoms with van der Waals surface area (Å²) >= 11 is 0. The maximum Gasteiger partial charge on any atom is 0.335 e. The Labute approximate surface area is 228 Å². The average molecular weight is 537 g/mol. The lowest BCUT2D eigenvalue weighted by Gasteiger charge is -2.23. The van der Waals surface area contributed by atoms with Gasteiger partial charge in [0, 0.05) is 54.4 Å². The summed E-state index contributed by atoms with van der Waals surface area (Å²) in [4.78, 5) is 29.3. The van der Waals surface area contributed by atoms with Crippen LogP contribution in [0, 0.1) is 5.41 Å². The van der Waals surface area contributed by atoms with Gasteiger partial charge in [-0.2, -0.15) is 0 Å². The van der Waals surface area contributed by atoms with E-state index < -0.39 is 5.97 Å². The highest BCUT2D eigenvalue weighted by Gasteiger charge is 2.15. The molecule has 38 heavy (non-hydrogen) atoms. The lowest BCUT2D eigenvalue weighted by atomic mass is 10.1. The molecule has 200 valence electrons. The monoisotopic (exact) mass is 536 g/mol. The van der Waals surface area contributed by atoms with Gasteiger partial charge in [0.2, 0.25) is 0 Å². The average Bonchev–Trinajstić information content (AvgIpc) is 3.12. The lowest BCUT2D eigenvalue weighted by molar-refractivity contribution is 0.0696. The predicted octanol–water partition coefficient (Wildman–Crippen LogP) is 4.10. The molecule has 0 saturated carbocycles. The maximum absolute atomic E-state index is 13.1. The third-order valence-electron chi connectivity index (χ3n) is 6.48. The number of rotatable bonds is 8. The second kappa shape index (κ2) is 12.9. The molecule has 10 heteroatoms. The van der Waals surface area contributed by atoms with Gasteiger partial charge in [0.15, 0.2) is 0 Å². The number of carbonyl (C=O) groups is 2. The van der Waals surface area contributed by atoms with Gasteiger partial charge in [-0.25, -0.2) is 4.79 Å². The number of nitrogens with one attached hydrogen (secondary N) is 3. The van der Waals surface area contributed by atoms with E-state index >= 15 is 0 Å². The van der Waals surface area contributed by atoms with Gasteiger partial charge >= 0.3 is 5.97 Å². The normalized spacial score (nSPS) is 13.7. The van der Waals surface area contributed by atoms with Crippen molar-refractivity contribution in [3.63, 3.8) is 0 Å². The number of carbonyl (C=O) groups excluding carboxylic acids is 1. The van der Waals surface area contributed by atoms with Gasteiger partial charge in [-0.15, -0.1) is 12.4 Å². The predicted molar refractivity (Wildman–Crippen MR) is 154 cm³/mol. The smallest absolute Gasteiger partial charge is 0.335 e. The minimum Gasteiger partial charge on any atom is -0.478 e. The standard InChI is InChI=1S/C28H32N6O3.ClH/c1-33-12-3-13-34(15-14-33)24-10-8-19(9-11-24)27(35)32-25-17-21(28(36)37)6-7-22(25)18-31-23-5-2-4-20(16-23)26(29)30;/h2,4-11,16-17,31H,3,12-15,18H2,1H3,(H3,29,30)(H,32,35)(H,36,37);1H. The Bertz CT molecular complexity index is 1300. The zero-order valence-electron chi connectivity index (χ0n) is 21.2. The molecule has 0 atom stereocenters. The number of nitrogens with two attached hydrogens (primary N) is 1. The molecular weight excluding hydrogens is 504 g/mol. The number of nitrogen functional groups attached to an aromatic ring is 1. The van der Waals surface area contributed by atoms with E-state index in [1.54, 1.807) is 36.4 Å². The van der Waals surface area contributed by atoms with Crippen LogP contribution in [0.2, 0.25) is 0 Å². The van der Waals surface area contributed by atoms with E-state index in [4.69, 9.17) is 11.1 Å². The molecule has 0 aliphatic carbocycles. The molecular formula is C28H33ClN6O3. The van der Waals surface area contributed by atoms with Crippen LogP contribution in [0.25, 0.3) is 0 Å². The summed E-state index contributed by atoms with van der Waals surface area (Å²) in [5.41, 5.74) is 9.72. The minimum atomic E-state index is -1.07. The van der Waals surface area contributed by atoms with E-state index in [0.717, 1.165) is 49.5 Å². The molecule has 0 aromatic heterocycles. The van der Waals surface area contributed by atoms with E-state index in [-0.39, 0.29) is 29.7 Å². The zero-order chi connectivity index (χ0) is 26.4. The number of anilines is 3. The van der Waals surface area contributed by atoms with Crippen molar-refractivity contribution in [3.05, 3.63) is 89.0 Å². The van der Waals surface area contributed by atoms with Crippen LogP contribution in [-0.2, 0) is 6.54 Å². The third kappa shape index (κ3) is 7.24. The highest BCUT2D eigenvalue weighted by molar-refractivity contribution is 6.05. The molecule has 4 rings (SSSR count). The number of amides is 1. The van der Waals surface area contributed by atoms with E-state index in [2.05, 4.69) is 27.5 Å². The van der Waals surface area contributed by atoms with Gasteiger partial charge in [-0.1, -0.05) is 18.2 Å². The summed E-state index contributed by atoms with van der Waals surface area (Å²) in [6.07, 6.45) is 1.09. The fourth-order valence-corrected chi connectivity index (χ4v) is 4.30. The maximum atomic E-state index is 13.1. The number of carboxylic acid groups (broad SMARTS) is 1. The minimum absolute atomic E-state index is 0. The van der Waals surface area contributed by atoms with Crippen LogP contribution in [0.3, 0.4) is 0 Å². The number of amidine groups is 1. The number of hydrogen-bond donors (Lipinski definition) is 5. The first-order valence-corrected chi connectivity index (χ1v) is 12.2. The molecule has 3 aromatic carbocycles. The molecule has 1 heterocycles. The number of likely N-dealkylation sites (N-methyl/N-ethyl adjacent to an activating group) is 1. The number of nitrogens with zero attached hydrogens (tertiary/aromatic N) is 2. The molecule has 0 spiro atoms. The highest BCUT2D eigenvalue weighted by atomic mass is 35.5. The number of aromatic carboxylic acids is 1. The van der Waals surface area contributed by atoms with Crippen LogP contribution in [0.4, 0.5) is 17.1 Å². The largest absolute Gasteiger partial charge is 0.478 e. The molecule has 3 aromatic rings. The number of hydrogen-bond acceptors (Lipinski definition) is 6. The first-order valence-electron chi connectivity index (χ1n) is 12.2. The van der Waals surface area contributed by atoms with Crippen LogP contribution in [-0.4, -0.2) is 60.9 Å². The second-order valence-electron chi connectivity index (χ2n) is 9.17. The Morgan fingerprint density at radius 1 is 0.947 bits per heavy atom. The fraction of sp³-hybridized carbons (Fsp3) is 0.250. The van der Waals surface area contributed by atoms with E-state index in [0.29, 0.717) is 23.4 Å². The molecule has 0 radical (unpaired) electrons. The number of halogens is 1. The fourth-order valence-electron chi connectivity index (χ4n) is 4.30. The topological polar surface area (TPSA) is 135 Å². The van der Waals surface area contributed by atoms with Crippen LogP contribution < -0.4 is 21.3 Å². The molecule has 6 N–H and O–H groups in total. The Hall–Kier alpha value is -4.08. The molecule has 0 unspecified atom stereocenters. The van der Waals surface area contributed by atoms with Crippen LogP contribution in [0.15, 0.2) is 66.7 Å². The van der Waals surface area contributed by atoms with Crippen molar-refractivity contribution >= 4 is 47.2 Å². The first kappa shape index (κ1) is 28.5. The van der Waals surface area contributed by atoms with Gasteiger partial charge in [0.1, 0.15) is 5.84 Å². The molecule has 1 aliphatic heterocycles. The highest BCUT2D eigenvalue weighted by Crippen LogP contribution is 2.23. The summed E-state index contributed by atoms with van der Waals surface area (Å²) in [6.45, 7) is 4.32. The summed E-state index contributed by atoms with van der Waals surface area (Å²) in [5, 5.41) is 23.2. The van der Waals surface area contributed by atoms with Crippen LogP contribution in [0.1, 0.15) is 38.3 Å². The lowest BCUT2D eigenvalue weighted by Crippen LogP contribution is -2.28. The van der Waals surface area contributed by atoms with Gasteiger partial charge in [-0.05, 0) is 74.1 Å². The van der Waals surface area contributed by atoms with Crippen molar-refractivity contribution in [2.75, 3.05) is 48.8 Å². The second-order valence-corrected chi connectivity index (χ2v) is 9.17. The molecule has 1 aliphatic rings. The summed E-state index contributed by atoms with van der Waals surface area (Å²) in [5.74, 6) is -1.42. The Morgan fingerprint density at radius 3 is 2.39 bits per heavy atom. The van der Waals surface area contributed by atoms with Crippen molar-refractivity contribution in [2.24, 2.45) is 5.73 Å². The quantitative estimate of drug-likeness (QED) is 0.216. The number of carboxylic acids is 1. The van der Waals surface area contributed by atoms with Crippen molar-refractivity contribution < 1.29 is 14.7 Å². The van der Waals surface area contributed by atoms with Crippen molar-refractivity contribution in [2.45, 2.75) is 13.0 Å². The van der Waals surface area contributed by atoms with Gasteiger partial charge in [-0.3, -0.25) is 10.2 Å². The molecule has 1 saturated heterocycles. The summed E-state index contributed by atoms with van der Waals surface area (Å²) in [7, 11) is 2.13. The summed E-state index contributed by atoms with van der Waals surface area (Å²) < 4.78 is 0. The Balaban J connectivity index is 0.00000400. The summed E-state index contributed by atoms with van der Waals surface area (Å²) in [6, 6.07) is 19.3. The SMILES string of the molecule is CN1CCCN(c2ccc(C(=O)Nc3cc(C(=O)O)ccc3CNc3cccc(C(=N)N)c3)cc2)CC1.Cl. The van der Waals surface area contributed by atoms with Gasteiger partial charge < -0.3 is 31.3 Å². The molecule has 1 amide bonds. The Kier molecular flexibility index (Phi) is 9.70. The number of benzene rings is 3. The van der Waals surface area contributed by atoms with Gasteiger partial charge in [0.05, 0.1) is 5.56 Å². The van der Waals surface area contributed by atoms with Crippen molar-refractivity contribution in [1.29, 1.82) is 5.41 Å². The van der Waals surface area contributed by atoms with Crippen molar-refractivity contribution in [1.82, 2.24) is 4.90 Å². The van der Waals surface area contributed by atoms with E-state index in [1.807, 2.05) is 18.2 Å². The van der Waals surface area contributed by atoms with Crippen molar-refractivity contribution in [3.8, 4) is 0 Å². The Morgan fingerprint density at radius 2 is 1.68 bits per heavy atom. The third-order valence-corrected chi connectivity index (χ3v) is 6.48. The zero-order valence-corrected chi connectivity index (χ0v) is 22.1. The van der Waals surface area contributed by atoms with Crippen LogP contribution >= 0.6 is 12.4 Å². The molecule has 9 nitrogen and oxygen atoms in total. The van der Waals surface area contributed by atoms with Crippen LogP contribution in [0.5, 0.6) is 0 Å². The van der Waals surface area contributed by atoms with E-state index in [9.17, 15) is 14.7 Å². The molecule has 1 fully saturated rings.